The first-order chi connectivity index (χ1) is 10.7. The zero-order valence-corrected chi connectivity index (χ0v) is 13.1. The number of benzene rings is 1. The van der Waals surface area contributed by atoms with Crippen LogP contribution >= 0.6 is 0 Å². The molecule has 0 saturated heterocycles. The Morgan fingerprint density at radius 2 is 2.18 bits per heavy atom. The van der Waals surface area contributed by atoms with Crippen LogP contribution in [0.5, 0.6) is 0 Å². The lowest BCUT2D eigenvalue weighted by atomic mass is 9.93. The van der Waals surface area contributed by atoms with Crippen molar-refractivity contribution in [3.8, 4) is 0 Å². The molecular weight excluding hydrogens is 274 g/mol. The van der Waals surface area contributed by atoms with Gasteiger partial charge in [0.1, 0.15) is 0 Å². The Morgan fingerprint density at radius 1 is 1.27 bits per heavy atom. The van der Waals surface area contributed by atoms with E-state index >= 15 is 0 Å². The third-order valence-corrected chi connectivity index (χ3v) is 4.39. The summed E-state index contributed by atoms with van der Waals surface area (Å²) in [5.41, 5.74) is 6.28. The first-order valence-electron chi connectivity index (χ1n) is 7.93. The van der Waals surface area contributed by atoms with E-state index in [1.165, 1.54) is 27.7 Å². The minimum absolute atomic E-state index is 0.835. The van der Waals surface area contributed by atoms with Gasteiger partial charge in [-0.05, 0) is 38.3 Å². The van der Waals surface area contributed by atoms with Crippen molar-refractivity contribution in [2.45, 2.75) is 26.2 Å². The summed E-state index contributed by atoms with van der Waals surface area (Å²) < 4.78 is 0. The SMILES string of the molecule is Cc1ccc2[nH]c3c(c2c1)/C(=N/N(C)C1=NCCN1)CCC3. The van der Waals surface area contributed by atoms with E-state index in [2.05, 4.69) is 40.4 Å². The number of fused-ring (bicyclic) bond motifs is 3. The lowest BCUT2D eigenvalue weighted by Gasteiger charge is -2.19. The molecule has 22 heavy (non-hydrogen) atoms. The molecule has 2 heterocycles. The molecule has 1 aliphatic heterocycles. The maximum absolute atomic E-state index is 4.85. The largest absolute Gasteiger partial charge is 0.358 e. The number of nitrogens with one attached hydrogen (secondary N) is 2. The minimum atomic E-state index is 0.835. The van der Waals surface area contributed by atoms with Crippen molar-refractivity contribution in [2.24, 2.45) is 10.1 Å². The quantitative estimate of drug-likeness (QED) is 0.794. The van der Waals surface area contributed by atoms with Gasteiger partial charge in [-0.25, -0.2) is 10.0 Å². The molecule has 1 aromatic heterocycles. The van der Waals surface area contributed by atoms with Crippen LogP contribution in [0.3, 0.4) is 0 Å². The number of nitrogens with zero attached hydrogens (tertiary/aromatic N) is 3. The monoisotopic (exact) mass is 295 g/mol. The van der Waals surface area contributed by atoms with Crippen LogP contribution in [0.25, 0.3) is 10.9 Å². The second kappa shape index (κ2) is 5.16. The first kappa shape index (κ1) is 13.4. The summed E-state index contributed by atoms with van der Waals surface area (Å²) in [5.74, 6) is 0.871. The lowest BCUT2D eigenvalue weighted by Crippen LogP contribution is -2.33. The van der Waals surface area contributed by atoms with Crippen molar-refractivity contribution in [1.82, 2.24) is 15.3 Å². The second-order valence-electron chi connectivity index (χ2n) is 6.08. The number of aryl methyl sites for hydroxylation is 2. The zero-order chi connectivity index (χ0) is 15.1. The number of hydrogen-bond donors (Lipinski definition) is 2. The van der Waals surface area contributed by atoms with Gasteiger partial charge < -0.3 is 10.3 Å². The maximum atomic E-state index is 4.85. The number of aromatic amines is 1. The molecule has 2 aliphatic rings. The molecule has 0 fully saturated rings. The van der Waals surface area contributed by atoms with Crippen LogP contribution in [0.4, 0.5) is 0 Å². The summed E-state index contributed by atoms with van der Waals surface area (Å²) in [4.78, 5) is 8.01. The Hall–Kier alpha value is -2.30. The zero-order valence-electron chi connectivity index (χ0n) is 13.1. The van der Waals surface area contributed by atoms with Crippen LogP contribution in [0.15, 0.2) is 28.3 Å². The van der Waals surface area contributed by atoms with Crippen molar-refractivity contribution < 1.29 is 0 Å². The van der Waals surface area contributed by atoms with E-state index in [0.29, 0.717) is 0 Å². The molecule has 0 bridgehead atoms. The van der Waals surface area contributed by atoms with Crippen molar-refractivity contribution in [3.05, 3.63) is 35.0 Å². The molecular formula is C17H21N5. The van der Waals surface area contributed by atoms with Crippen molar-refractivity contribution in [1.29, 1.82) is 0 Å². The normalized spacial score (nSPS) is 19.2. The van der Waals surface area contributed by atoms with Gasteiger partial charge in [-0.15, -0.1) is 0 Å². The highest BCUT2D eigenvalue weighted by Crippen LogP contribution is 2.30. The molecule has 1 aliphatic carbocycles. The smallest absolute Gasteiger partial charge is 0.214 e. The Balaban J connectivity index is 1.80. The van der Waals surface area contributed by atoms with Crippen molar-refractivity contribution in [2.75, 3.05) is 20.1 Å². The van der Waals surface area contributed by atoms with Gasteiger partial charge in [0.25, 0.3) is 0 Å². The molecule has 0 amide bonds. The Labute approximate surface area is 130 Å². The number of hydrogen-bond acceptors (Lipinski definition) is 4. The summed E-state index contributed by atoms with van der Waals surface area (Å²) >= 11 is 0. The topological polar surface area (TPSA) is 55.8 Å². The van der Waals surface area contributed by atoms with Crippen LogP contribution in [0.1, 0.15) is 29.7 Å². The lowest BCUT2D eigenvalue weighted by molar-refractivity contribution is 0.524. The van der Waals surface area contributed by atoms with Crippen LogP contribution < -0.4 is 5.32 Å². The maximum Gasteiger partial charge on any atom is 0.214 e. The van der Waals surface area contributed by atoms with Gasteiger partial charge in [-0.2, -0.15) is 5.10 Å². The molecule has 4 rings (SSSR count). The fourth-order valence-corrected chi connectivity index (χ4v) is 3.37. The Bertz CT molecular complexity index is 784. The van der Waals surface area contributed by atoms with E-state index in [0.717, 1.165) is 44.0 Å². The fraction of sp³-hybridized carbons (Fsp3) is 0.412. The summed E-state index contributed by atoms with van der Waals surface area (Å²) in [6, 6.07) is 6.59. The number of aliphatic imine (C=N–C) groups is 1. The van der Waals surface area contributed by atoms with E-state index in [1.54, 1.807) is 0 Å². The first-order valence-corrected chi connectivity index (χ1v) is 7.93. The average Bonchev–Trinajstić information content (AvgIpc) is 3.14. The molecule has 0 radical (unpaired) electrons. The Morgan fingerprint density at radius 3 is 3.00 bits per heavy atom. The minimum Gasteiger partial charge on any atom is -0.358 e. The van der Waals surface area contributed by atoms with E-state index in [1.807, 2.05) is 12.1 Å². The van der Waals surface area contributed by atoms with Crippen molar-refractivity contribution in [3.63, 3.8) is 0 Å². The van der Waals surface area contributed by atoms with E-state index in [-0.39, 0.29) is 0 Å². The number of aromatic nitrogens is 1. The van der Waals surface area contributed by atoms with E-state index < -0.39 is 0 Å². The summed E-state index contributed by atoms with van der Waals surface area (Å²) in [5, 5.41) is 11.3. The van der Waals surface area contributed by atoms with Gasteiger partial charge in [0.15, 0.2) is 0 Å². The summed E-state index contributed by atoms with van der Waals surface area (Å²) in [6.07, 6.45) is 3.27. The fourth-order valence-electron chi connectivity index (χ4n) is 3.37. The van der Waals surface area contributed by atoms with Crippen LogP contribution in [0, 0.1) is 6.92 Å². The molecule has 0 saturated carbocycles. The van der Waals surface area contributed by atoms with Gasteiger partial charge >= 0.3 is 0 Å². The van der Waals surface area contributed by atoms with Crippen LogP contribution in [-0.4, -0.2) is 41.8 Å². The Kier molecular flexibility index (Phi) is 3.13. The molecule has 2 aromatic rings. The highest BCUT2D eigenvalue weighted by molar-refractivity contribution is 6.13. The van der Waals surface area contributed by atoms with E-state index in [9.17, 15) is 0 Å². The third-order valence-electron chi connectivity index (χ3n) is 4.39. The summed E-state index contributed by atoms with van der Waals surface area (Å²) in [6.45, 7) is 3.88. The molecule has 0 atom stereocenters. The van der Waals surface area contributed by atoms with Gasteiger partial charge in [0, 0.05) is 35.8 Å². The standard InChI is InChI=1S/C17H21N5/c1-11-6-7-13-12(10-11)16-14(20-13)4-3-5-15(16)21-22(2)17-18-8-9-19-17/h6-7,10,20H,3-5,8-9H2,1-2H3,(H,18,19)/b21-15+. The summed E-state index contributed by atoms with van der Waals surface area (Å²) in [7, 11) is 1.97. The van der Waals surface area contributed by atoms with Gasteiger partial charge in [0.05, 0.1) is 12.3 Å². The predicted octanol–water partition coefficient (Wildman–Crippen LogP) is 2.41. The highest BCUT2D eigenvalue weighted by Gasteiger charge is 2.22. The molecule has 5 nitrogen and oxygen atoms in total. The number of H-pyrrole nitrogens is 1. The predicted molar refractivity (Wildman–Crippen MR) is 90.6 cm³/mol. The third kappa shape index (κ3) is 2.17. The molecule has 2 N–H and O–H groups in total. The average molecular weight is 295 g/mol. The molecule has 0 unspecified atom stereocenters. The second-order valence-corrected chi connectivity index (χ2v) is 6.08. The van der Waals surface area contributed by atoms with Gasteiger partial charge in [0.2, 0.25) is 5.96 Å². The molecule has 5 heteroatoms. The number of rotatable bonds is 1. The van der Waals surface area contributed by atoms with Gasteiger partial charge in [-0.1, -0.05) is 11.6 Å². The molecule has 0 spiro atoms. The van der Waals surface area contributed by atoms with E-state index in [4.69, 9.17) is 5.10 Å². The molecule has 1 aromatic carbocycles. The van der Waals surface area contributed by atoms with Gasteiger partial charge in [-0.3, -0.25) is 0 Å². The van der Waals surface area contributed by atoms with Crippen molar-refractivity contribution >= 4 is 22.6 Å². The van der Waals surface area contributed by atoms with Crippen LogP contribution in [-0.2, 0) is 6.42 Å². The number of guanidine groups is 1. The highest BCUT2D eigenvalue weighted by atomic mass is 15.5. The number of hydrazone groups is 1. The van der Waals surface area contributed by atoms with Crippen LogP contribution in [0.2, 0.25) is 0 Å². The molecule has 114 valence electrons.